The van der Waals surface area contributed by atoms with Gasteiger partial charge in [-0.05, 0) is 34.7 Å². The predicted octanol–water partition coefficient (Wildman–Crippen LogP) is 2.85. The number of amides is 1. The number of aliphatic carboxylic acids is 1. The summed E-state index contributed by atoms with van der Waals surface area (Å²) in [6, 6.07) is 1.74. The van der Waals surface area contributed by atoms with Crippen LogP contribution in [-0.2, 0) is 4.79 Å². The van der Waals surface area contributed by atoms with Crippen LogP contribution in [0.5, 0.6) is 5.75 Å². The summed E-state index contributed by atoms with van der Waals surface area (Å²) in [5.41, 5.74) is 0. The van der Waals surface area contributed by atoms with Gasteiger partial charge in [0.25, 0.3) is 5.91 Å². The van der Waals surface area contributed by atoms with E-state index in [1.54, 1.807) is 18.1 Å². The lowest BCUT2D eigenvalue weighted by Gasteiger charge is -2.31. The topological polar surface area (TPSA) is 66.8 Å². The molecule has 2 rings (SSSR count). The number of piperidine rings is 1. The molecule has 0 aromatic carbocycles. The lowest BCUT2D eigenvalue weighted by molar-refractivity contribution is -0.138. The van der Waals surface area contributed by atoms with Crippen LogP contribution in [0, 0.1) is 5.92 Å². The fourth-order valence-corrected chi connectivity index (χ4v) is 3.96. The molecule has 0 saturated carbocycles. The Balaban J connectivity index is 1.96. The molecule has 5 nitrogen and oxygen atoms in total. The van der Waals surface area contributed by atoms with Gasteiger partial charge in [-0.2, -0.15) is 0 Å². The number of halogens is 1. The largest absolute Gasteiger partial charge is 0.495 e. The van der Waals surface area contributed by atoms with Crippen molar-refractivity contribution in [1.29, 1.82) is 0 Å². The van der Waals surface area contributed by atoms with Gasteiger partial charge < -0.3 is 14.7 Å². The van der Waals surface area contributed by atoms with Crippen LogP contribution in [0.2, 0.25) is 0 Å². The maximum atomic E-state index is 12.4. The summed E-state index contributed by atoms with van der Waals surface area (Å²) < 4.78 is 5.96. The smallest absolute Gasteiger partial charge is 0.303 e. The SMILES string of the molecule is COc1cc(C(=O)N2CCC(CC(=O)O)CC2)sc1Br. The molecule has 0 atom stereocenters. The zero-order chi connectivity index (χ0) is 14.7. The third kappa shape index (κ3) is 3.52. The van der Waals surface area contributed by atoms with Gasteiger partial charge in [-0.25, -0.2) is 0 Å². The molecule has 1 aliphatic heterocycles. The Morgan fingerprint density at radius 1 is 1.50 bits per heavy atom. The molecule has 1 N–H and O–H groups in total. The molecule has 110 valence electrons. The van der Waals surface area contributed by atoms with E-state index in [9.17, 15) is 9.59 Å². The number of ether oxygens (including phenoxy) is 1. The summed E-state index contributed by atoms with van der Waals surface area (Å²) in [5, 5.41) is 8.78. The van der Waals surface area contributed by atoms with Gasteiger partial charge in [0, 0.05) is 25.6 Å². The number of carbonyl (C=O) groups excluding carboxylic acids is 1. The second kappa shape index (κ2) is 6.58. The van der Waals surface area contributed by atoms with E-state index in [-0.39, 0.29) is 18.2 Å². The maximum absolute atomic E-state index is 12.4. The van der Waals surface area contributed by atoms with Gasteiger partial charge in [0.05, 0.1) is 12.0 Å². The van der Waals surface area contributed by atoms with Crippen molar-refractivity contribution in [3.8, 4) is 5.75 Å². The first-order valence-corrected chi connectivity index (χ1v) is 7.96. The van der Waals surface area contributed by atoms with E-state index in [0.717, 1.165) is 16.6 Å². The van der Waals surface area contributed by atoms with E-state index in [1.165, 1.54) is 11.3 Å². The summed E-state index contributed by atoms with van der Waals surface area (Å²) in [5.74, 6) is 0.0785. The number of nitrogens with zero attached hydrogens (tertiary/aromatic N) is 1. The maximum Gasteiger partial charge on any atom is 0.303 e. The highest BCUT2D eigenvalue weighted by molar-refractivity contribution is 9.11. The number of carbonyl (C=O) groups is 2. The van der Waals surface area contributed by atoms with Gasteiger partial charge in [0.2, 0.25) is 0 Å². The molecule has 2 heterocycles. The standard InChI is InChI=1S/C13H16BrNO4S/c1-19-9-7-10(20-12(9)14)13(18)15-4-2-8(3-5-15)6-11(16)17/h7-8H,2-6H2,1H3,(H,16,17). The zero-order valence-electron chi connectivity index (χ0n) is 11.1. The first-order valence-electron chi connectivity index (χ1n) is 6.35. The lowest BCUT2D eigenvalue weighted by atomic mass is 9.93. The van der Waals surface area contributed by atoms with Crippen LogP contribution in [0.1, 0.15) is 28.9 Å². The van der Waals surface area contributed by atoms with Crippen molar-refractivity contribution >= 4 is 39.1 Å². The molecule has 1 aromatic rings. The molecule has 0 bridgehead atoms. The van der Waals surface area contributed by atoms with E-state index in [2.05, 4.69) is 15.9 Å². The average molecular weight is 362 g/mol. The zero-order valence-corrected chi connectivity index (χ0v) is 13.5. The molecular weight excluding hydrogens is 346 g/mol. The number of methoxy groups -OCH3 is 1. The molecule has 0 unspecified atom stereocenters. The molecule has 20 heavy (non-hydrogen) atoms. The van der Waals surface area contributed by atoms with Crippen molar-refractivity contribution < 1.29 is 19.4 Å². The van der Waals surface area contributed by atoms with E-state index < -0.39 is 5.97 Å². The van der Waals surface area contributed by atoms with Gasteiger partial charge in [-0.1, -0.05) is 0 Å². The summed E-state index contributed by atoms with van der Waals surface area (Å²) in [6.07, 6.45) is 1.70. The summed E-state index contributed by atoms with van der Waals surface area (Å²) in [7, 11) is 1.57. The second-order valence-electron chi connectivity index (χ2n) is 4.79. The minimum absolute atomic E-state index is 0.00669. The number of rotatable bonds is 4. The van der Waals surface area contributed by atoms with Gasteiger partial charge >= 0.3 is 5.97 Å². The quantitative estimate of drug-likeness (QED) is 0.895. The fraction of sp³-hybridized carbons (Fsp3) is 0.538. The predicted molar refractivity (Wildman–Crippen MR) is 79.5 cm³/mol. The number of hydrogen-bond acceptors (Lipinski definition) is 4. The van der Waals surface area contributed by atoms with E-state index in [4.69, 9.17) is 9.84 Å². The van der Waals surface area contributed by atoms with Crippen molar-refractivity contribution in [2.75, 3.05) is 20.2 Å². The van der Waals surface area contributed by atoms with Gasteiger partial charge in [-0.15, -0.1) is 11.3 Å². The van der Waals surface area contributed by atoms with Crippen LogP contribution in [0.3, 0.4) is 0 Å². The van der Waals surface area contributed by atoms with Gasteiger partial charge in [0.15, 0.2) is 0 Å². The molecule has 1 saturated heterocycles. The monoisotopic (exact) mass is 361 g/mol. The van der Waals surface area contributed by atoms with Crippen LogP contribution in [0.25, 0.3) is 0 Å². The molecule has 1 fully saturated rings. The molecule has 1 aromatic heterocycles. The van der Waals surface area contributed by atoms with Crippen molar-refractivity contribution in [1.82, 2.24) is 4.90 Å². The number of carboxylic acid groups (broad SMARTS) is 1. The second-order valence-corrected chi connectivity index (χ2v) is 7.16. The minimum atomic E-state index is -0.762. The van der Waals surface area contributed by atoms with Crippen LogP contribution in [-0.4, -0.2) is 42.1 Å². The van der Waals surface area contributed by atoms with Crippen LogP contribution < -0.4 is 4.74 Å². The first-order chi connectivity index (χ1) is 9.51. The minimum Gasteiger partial charge on any atom is -0.495 e. The number of carboxylic acids is 1. The normalized spacial score (nSPS) is 16.2. The van der Waals surface area contributed by atoms with Crippen LogP contribution in [0.4, 0.5) is 0 Å². The Kier molecular flexibility index (Phi) is 5.04. The Morgan fingerprint density at radius 2 is 2.15 bits per heavy atom. The van der Waals surface area contributed by atoms with Crippen molar-refractivity contribution in [2.45, 2.75) is 19.3 Å². The van der Waals surface area contributed by atoms with Crippen molar-refractivity contribution in [2.24, 2.45) is 5.92 Å². The molecular formula is C13H16BrNO4S. The third-order valence-corrected chi connectivity index (χ3v) is 5.22. The Morgan fingerprint density at radius 3 is 2.65 bits per heavy atom. The summed E-state index contributed by atoms with van der Waals surface area (Å²) >= 11 is 4.72. The molecule has 7 heteroatoms. The fourth-order valence-electron chi connectivity index (χ4n) is 2.34. The molecule has 1 aliphatic rings. The molecule has 0 aliphatic carbocycles. The van der Waals surface area contributed by atoms with Crippen molar-refractivity contribution in [3.05, 3.63) is 14.7 Å². The van der Waals surface area contributed by atoms with Crippen LogP contribution >= 0.6 is 27.3 Å². The molecule has 0 spiro atoms. The summed E-state index contributed by atoms with van der Waals surface area (Å²) in [4.78, 5) is 25.5. The van der Waals surface area contributed by atoms with E-state index >= 15 is 0 Å². The van der Waals surface area contributed by atoms with Crippen LogP contribution in [0.15, 0.2) is 9.85 Å². The van der Waals surface area contributed by atoms with Gasteiger partial charge in [-0.3, -0.25) is 9.59 Å². The van der Waals surface area contributed by atoms with Crippen molar-refractivity contribution in [3.63, 3.8) is 0 Å². The Bertz CT molecular complexity index is 508. The Labute approximate surface area is 129 Å². The number of thiophene rings is 1. The van der Waals surface area contributed by atoms with Gasteiger partial charge in [0.1, 0.15) is 9.54 Å². The third-order valence-electron chi connectivity index (χ3n) is 3.45. The van der Waals surface area contributed by atoms with E-state index in [0.29, 0.717) is 23.7 Å². The number of hydrogen-bond donors (Lipinski definition) is 1. The average Bonchev–Trinajstić information content (AvgIpc) is 2.79. The highest BCUT2D eigenvalue weighted by Gasteiger charge is 2.26. The molecule has 0 radical (unpaired) electrons. The number of likely N-dealkylation sites (tertiary alicyclic amines) is 1. The molecule has 1 amide bonds. The first kappa shape index (κ1) is 15.3. The Hall–Kier alpha value is -1.08. The highest BCUT2D eigenvalue weighted by Crippen LogP contribution is 2.35. The highest BCUT2D eigenvalue weighted by atomic mass is 79.9. The lowest BCUT2D eigenvalue weighted by Crippen LogP contribution is -2.38. The summed E-state index contributed by atoms with van der Waals surface area (Å²) in [6.45, 7) is 1.24. The van der Waals surface area contributed by atoms with E-state index in [1.807, 2.05) is 0 Å².